The maximum Gasteiger partial charge on any atom is 0.418 e. The second-order valence-corrected chi connectivity index (χ2v) is 12.3. The number of hydrogen-bond acceptors (Lipinski definition) is 6. The van der Waals surface area contributed by atoms with E-state index in [1.165, 1.54) is 17.0 Å². The Morgan fingerprint density at radius 1 is 1.21 bits per heavy atom. The Balaban J connectivity index is 1.33. The van der Waals surface area contributed by atoms with E-state index in [1.54, 1.807) is 4.90 Å². The Kier molecular flexibility index (Phi) is 6.68. The second kappa shape index (κ2) is 10.5. The molecule has 4 atom stereocenters. The fraction of sp³-hybridized carbons (Fsp3) is 0.750. The first-order chi connectivity index (χ1) is 19.4. The third-order valence-electron chi connectivity index (χ3n) is 9.46. The van der Waals surface area contributed by atoms with Crippen LogP contribution in [0.1, 0.15) is 71.8 Å². The van der Waals surface area contributed by atoms with Gasteiger partial charge in [0.25, 0.3) is 0 Å². The Morgan fingerprint density at radius 2 is 2.03 bits per heavy atom. The zero-order chi connectivity index (χ0) is 29.2. The summed E-state index contributed by atoms with van der Waals surface area (Å²) in [5, 5.41) is 0. The number of pyridine rings is 1. The summed E-state index contributed by atoms with van der Waals surface area (Å²) >= 11 is 0. The van der Waals surface area contributed by atoms with Gasteiger partial charge < -0.3 is 4.74 Å². The Bertz CT molecular complexity index is 1330. The summed E-state index contributed by atoms with van der Waals surface area (Å²) < 4.78 is 69.0. The van der Waals surface area contributed by atoms with E-state index in [9.17, 15) is 18.0 Å². The number of alkyl halides is 3. The smallest absolute Gasteiger partial charge is 0.380 e. The molecule has 1 aliphatic carbocycles. The number of likely N-dealkylation sites (tertiary alicyclic amines) is 1. The van der Waals surface area contributed by atoms with Crippen LogP contribution in [0.4, 0.5) is 13.2 Å². The third-order valence-corrected chi connectivity index (χ3v) is 9.46. The van der Waals surface area contributed by atoms with Gasteiger partial charge in [0, 0.05) is 39.6 Å². The first-order valence-electron chi connectivity index (χ1n) is 15.3. The molecule has 3 unspecified atom stereocenters. The number of hydrazine groups is 1. The topological polar surface area (TPSA) is 66.2 Å². The van der Waals surface area contributed by atoms with Gasteiger partial charge in [-0.25, -0.2) is 15.6 Å². The largest absolute Gasteiger partial charge is 0.418 e. The third kappa shape index (κ3) is 5.28. The highest BCUT2D eigenvalue weighted by Crippen LogP contribution is 2.49. The molecule has 8 nitrogen and oxygen atoms in total. The molecule has 2 aromatic rings. The molecule has 3 saturated heterocycles. The van der Waals surface area contributed by atoms with Crippen molar-refractivity contribution in [2.45, 2.75) is 76.8 Å². The van der Waals surface area contributed by atoms with Gasteiger partial charge in [-0.05, 0) is 75.6 Å². The van der Waals surface area contributed by atoms with E-state index >= 15 is 0 Å². The highest BCUT2D eigenvalue weighted by Gasteiger charge is 2.49. The van der Waals surface area contributed by atoms with Gasteiger partial charge in [-0.15, -0.1) is 0 Å². The fourth-order valence-electron chi connectivity index (χ4n) is 7.19. The lowest BCUT2D eigenvalue weighted by Gasteiger charge is -2.51. The molecule has 0 spiro atoms. The summed E-state index contributed by atoms with van der Waals surface area (Å²) in [4.78, 5) is 17.6. The number of rotatable bonds is 6. The van der Waals surface area contributed by atoms with Crippen molar-refractivity contribution in [1.29, 1.82) is 0 Å². The molecule has 216 valence electrons. The van der Waals surface area contributed by atoms with Crippen LogP contribution in [-0.2, 0) is 17.4 Å². The van der Waals surface area contributed by atoms with E-state index in [4.69, 9.17) is 7.48 Å². The minimum atomic E-state index is -4.73. The summed E-state index contributed by atoms with van der Waals surface area (Å²) in [6.45, 7) is 2.86. The fourth-order valence-corrected chi connectivity index (χ4v) is 7.19. The molecule has 0 radical (unpaired) electrons. The molecule has 0 bridgehead atoms. The van der Waals surface area contributed by atoms with Crippen molar-refractivity contribution in [3.05, 3.63) is 40.1 Å². The van der Waals surface area contributed by atoms with Crippen LogP contribution in [-0.4, -0.2) is 65.0 Å². The van der Waals surface area contributed by atoms with Gasteiger partial charge in [0.2, 0.25) is 0 Å². The highest BCUT2D eigenvalue weighted by molar-refractivity contribution is 5.56. The number of halogens is 3. The van der Waals surface area contributed by atoms with Crippen molar-refractivity contribution in [1.82, 2.24) is 29.6 Å². The van der Waals surface area contributed by atoms with Gasteiger partial charge in [-0.1, -0.05) is 13.3 Å². The number of fused-ring (bicyclic) bond motifs is 1. The highest BCUT2D eigenvalue weighted by atomic mass is 19.4. The first-order valence-corrected chi connectivity index (χ1v) is 14.3. The summed E-state index contributed by atoms with van der Waals surface area (Å²) in [5.74, 6) is 0.534. The molecule has 0 amide bonds. The zero-order valence-electron chi connectivity index (χ0n) is 24.8. The molecule has 4 fully saturated rings. The Morgan fingerprint density at radius 3 is 2.69 bits per heavy atom. The molecular weight excluding hydrogens is 509 g/mol. The summed E-state index contributed by atoms with van der Waals surface area (Å²) in [5.41, 5.74) is 4.59. The molecule has 4 aliphatic rings. The number of ether oxygens (including phenoxy) is 1. The van der Waals surface area contributed by atoms with E-state index < -0.39 is 23.9 Å². The standard InChI is InChI=1S/C28H41F3N6O2/c1-19-5-4-8-35(12-19)13-20-9-23(28(29,30)31)24-15-36(26(38)37(24)14-20)22-7-3-6-21(10-22)27(16-39-17-27)11-25-33-32-18-34(25)2/h9,14-15,19,21-22,25,32-33H,3-8,10-13,16-18H2,1-2H3/t19-,21?,22?,25?/m0/s1/i13D2. The van der Waals surface area contributed by atoms with Gasteiger partial charge in [0.05, 0.1) is 37.1 Å². The van der Waals surface area contributed by atoms with E-state index in [0.717, 1.165) is 49.2 Å². The number of nitrogens with one attached hydrogen (secondary N) is 2. The van der Waals surface area contributed by atoms with Crippen molar-refractivity contribution in [3.63, 3.8) is 0 Å². The molecule has 11 heteroatoms. The van der Waals surface area contributed by atoms with E-state index in [0.29, 0.717) is 39.1 Å². The number of piperidine rings is 1. The summed E-state index contributed by atoms with van der Waals surface area (Å²) in [6.07, 6.45) is 4.01. The number of imidazole rings is 1. The average molecular weight is 553 g/mol. The predicted octanol–water partition coefficient (Wildman–Crippen LogP) is 3.81. The molecule has 2 aromatic heterocycles. The van der Waals surface area contributed by atoms with Crippen molar-refractivity contribution in [3.8, 4) is 0 Å². The van der Waals surface area contributed by atoms with Gasteiger partial charge in [-0.3, -0.25) is 18.8 Å². The van der Waals surface area contributed by atoms with Crippen LogP contribution in [0.5, 0.6) is 0 Å². The molecule has 2 N–H and O–H groups in total. The van der Waals surface area contributed by atoms with Crippen LogP contribution in [0.2, 0.25) is 0 Å². The normalized spacial score (nSPS) is 31.7. The molecule has 0 aromatic carbocycles. The monoisotopic (exact) mass is 552 g/mol. The van der Waals surface area contributed by atoms with Crippen molar-refractivity contribution in [2.75, 3.05) is 40.0 Å². The molecule has 1 saturated carbocycles. The zero-order valence-corrected chi connectivity index (χ0v) is 22.8. The minimum Gasteiger partial charge on any atom is -0.380 e. The van der Waals surface area contributed by atoms with E-state index in [2.05, 4.69) is 22.8 Å². The van der Waals surface area contributed by atoms with Gasteiger partial charge in [0.15, 0.2) is 0 Å². The molecule has 39 heavy (non-hydrogen) atoms. The first kappa shape index (κ1) is 24.8. The van der Waals surface area contributed by atoms with Gasteiger partial charge in [0.1, 0.15) is 0 Å². The van der Waals surface area contributed by atoms with Crippen molar-refractivity contribution in [2.24, 2.45) is 17.3 Å². The maximum atomic E-state index is 14.4. The van der Waals surface area contributed by atoms with Crippen LogP contribution in [0.15, 0.2) is 23.3 Å². The van der Waals surface area contributed by atoms with E-state index in [-0.39, 0.29) is 40.5 Å². The lowest BCUT2D eigenvalue weighted by Crippen LogP contribution is -2.54. The number of hydrogen-bond donors (Lipinski definition) is 2. The van der Waals surface area contributed by atoms with Crippen LogP contribution in [0, 0.1) is 17.3 Å². The predicted molar refractivity (Wildman–Crippen MR) is 142 cm³/mol. The van der Waals surface area contributed by atoms with Crippen LogP contribution in [0.25, 0.3) is 5.52 Å². The summed E-state index contributed by atoms with van der Waals surface area (Å²) in [7, 11) is 2.06. The second-order valence-electron chi connectivity index (χ2n) is 12.3. The van der Waals surface area contributed by atoms with Crippen molar-refractivity contribution < 1.29 is 20.6 Å². The van der Waals surface area contributed by atoms with Crippen molar-refractivity contribution >= 4 is 5.52 Å². The molecule has 5 heterocycles. The Labute approximate surface area is 230 Å². The lowest BCUT2D eigenvalue weighted by molar-refractivity contribution is -0.167. The van der Waals surface area contributed by atoms with Gasteiger partial charge >= 0.3 is 11.9 Å². The van der Waals surface area contributed by atoms with Gasteiger partial charge in [-0.2, -0.15) is 13.2 Å². The maximum absolute atomic E-state index is 14.4. The number of nitrogens with zero attached hydrogens (tertiary/aromatic N) is 4. The lowest BCUT2D eigenvalue weighted by atomic mass is 9.64. The summed E-state index contributed by atoms with van der Waals surface area (Å²) in [6, 6.07) is 0.678. The van der Waals surface area contributed by atoms with Crippen LogP contribution in [0.3, 0.4) is 0 Å². The SMILES string of the molecule is [2H]C([2H])(c1cc(C(F)(F)F)c2cn(C3CCCC(C4(CC5NNCN5C)COC4)C3)c(=O)n2c1)N1CCC[C@H](C)C1. The quantitative estimate of drug-likeness (QED) is 0.568. The number of aromatic nitrogens is 2. The minimum absolute atomic E-state index is 0.0364. The van der Waals surface area contributed by atoms with E-state index in [1.807, 2.05) is 6.92 Å². The molecule has 3 aliphatic heterocycles. The molecule has 6 rings (SSSR count). The molecular formula is C28H41F3N6O2. The van der Waals surface area contributed by atoms with Crippen LogP contribution >= 0.6 is 0 Å². The average Bonchev–Trinajstić information content (AvgIpc) is 3.47. The van der Waals surface area contributed by atoms with Crippen LogP contribution < -0.4 is 16.5 Å². The Hall–Kier alpha value is -1.92.